The van der Waals surface area contributed by atoms with E-state index < -0.39 is 0 Å². The average molecular weight is 290 g/mol. The molecule has 0 radical (unpaired) electrons. The molecule has 5 nitrogen and oxygen atoms in total. The van der Waals surface area contributed by atoms with Crippen LogP contribution in [-0.4, -0.2) is 16.9 Å². The van der Waals surface area contributed by atoms with Gasteiger partial charge in [0.15, 0.2) is 0 Å². The minimum absolute atomic E-state index is 0.0321. The number of rotatable bonds is 4. The Morgan fingerprint density at radius 3 is 2.52 bits per heavy atom. The van der Waals surface area contributed by atoms with Crippen LogP contribution in [0.15, 0.2) is 12.1 Å². The fraction of sp³-hybridized carbons (Fsp3) is 0.625. The molecule has 1 heterocycles. The summed E-state index contributed by atoms with van der Waals surface area (Å²) in [5.74, 6) is 6.97. The van der Waals surface area contributed by atoms with E-state index in [9.17, 15) is 4.79 Å². The molecule has 116 valence electrons. The molecule has 1 aromatic heterocycles. The number of nitrogens with zero attached hydrogens (tertiary/aromatic N) is 1. The molecule has 0 atom stereocenters. The van der Waals surface area contributed by atoms with E-state index in [1.807, 2.05) is 19.9 Å². The molecule has 1 fully saturated rings. The van der Waals surface area contributed by atoms with Crippen LogP contribution in [0.2, 0.25) is 0 Å². The molecule has 0 spiro atoms. The Labute approximate surface area is 126 Å². The van der Waals surface area contributed by atoms with Crippen molar-refractivity contribution in [3.63, 3.8) is 0 Å². The number of hydrogen-bond acceptors (Lipinski definition) is 4. The normalized spacial score (nSPS) is 22.1. The van der Waals surface area contributed by atoms with Crippen molar-refractivity contribution < 1.29 is 4.79 Å². The number of carbonyl (C=O) groups excluding carboxylic acids is 1. The number of amides is 1. The molecule has 1 amide bonds. The Kier molecular flexibility index (Phi) is 5.17. The average Bonchev–Trinajstić information content (AvgIpc) is 2.49. The van der Waals surface area contributed by atoms with Crippen LogP contribution in [0.5, 0.6) is 0 Å². The van der Waals surface area contributed by atoms with Crippen molar-refractivity contribution in [1.82, 2.24) is 10.3 Å². The lowest BCUT2D eigenvalue weighted by Gasteiger charge is -2.27. The highest BCUT2D eigenvalue weighted by molar-refractivity contribution is 5.95. The van der Waals surface area contributed by atoms with Gasteiger partial charge < -0.3 is 10.7 Å². The Balaban J connectivity index is 2.09. The number of aromatic nitrogens is 1. The smallest absolute Gasteiger partial charge is 0.251 e. The van der Waals surface area contributed by atoms with Gasteiger partial charge in [-0.05, 0) is 49.7 Å². The monoisotopic (exact) mass is 290 g/mol. The van der Waals surface area contributed by atoms with Gasteiger partial charge in [-0.15, -0.1) is 0 Å². The summed E-state index contributed by atoms with van der Waals surface area (Å²) in [6.45, 7) is 6.37. The lowest BCUT2D eigenvalue weighted by Crippen LogP contribution is -2.37. The van der Waals surface area contributed by atoms with E-state index in [2.05, 4.69) is 22.7 Å². The zero-order chi connectivity index (χ0) is 15.4. The maximum Gasteiger partial charge on any atom is 0.251 e. The van der Waals surface area contributed by atoms with Crippen molar-refractivity contribution in [2.24, 2.45) is 11.8 Å². The second kappa shape index (κ2) is 6.89. The standard InChI is InChI=1S/C16H26N4O/c1-10(2)14-8-12(9-15(19-14)20-17)16(21)18-13-6-4-11(3)5-7-13/h8-11,13H,4-7,17H2,1-3H3,(H,18,21)(H,19,20). The van der Waals surface area contributed by atoms with Crippen molar-refractivity contribution in [1.29, 1.82) is 0 Å². The number of anilines is 1. The summed E-state index contributed by atoms with van der Waals surface area (Å²) in [5.41, 5.74) is 4.03. The summed E-state index contributed by atoms with van der Waals surface area (Å²) >= 11 is 0. The molecule has 1 aliphatic rings. The summed E-state index contributed by atoms with van der Waals surface area (Å²) in [4.78, 5) is 16.8. The van der Waals surface area contributed by atoms with Crippen LogP contribution in [0.25, 0.3) is 0 Å². The largest absolute Gasteiger partial charge is 0.349 e. The summed E-state index contributed by atoms with van der Waals surface area (Å²) in [7, 11) is 0. The fourth-order valence-corrected chi connectivity index (χ4v) is 2.73. The second-order valence-electron chi connectivity index (χ2n) is 6.40. The van der Waals surface area contributed by atoms with E-state index in [0.717, 1.165) is 24.5 Å². The van der Waals surface area contributed by atoms with Crippen molar-refractivity contribution in [3.8, 4) is 0 Å². The van der Waals surface area contributed by atoms with Crippen molar-refractivity contribution in [2.45, 2.75) is 58.4 Å². The van der Waals surface area contributed by atoms with Crippen LogP contribution in [0, 0.1) is 5.92 Å². The third-order valence-corrected chi connectivity index (χ3v) is 4.20. The minimum atomic E-state index is -0.0321. The minimum Gasteiger partial charge on any atom is -0.349 e. The zero-order valence-corrected chi connectivity index (χ0v) is 13.1. The highest BCUT2D eigenvalue weighted by Gasteiger charge is 2.21. The highest BCUT2D eigenvalue weighted by Crippen LogP contribution is 2.24. The van der Waals surface area contributed by atoms with Gasteiger partial charge >= 0.3 is 0 Å². The summed E-state index contributed by atoms with van der Waals surface area (Å²) in [6.07, 6.45) is 4.51. The molecule has 0 bridgehead atoms. The first-order chi connectivity index (χ1) is 9.99. The Hall–Kier alpha value is -1.62. The van der Waals surface area contributed by atoms with E-state index >= 15 is 0 Å². The lowest BCUT2D eigenvalue weighted by molar-refractivity contribution is 0.0923. The predicted molar refractivity (Wildman–Crippen MR) is 85.0 cm³/mol. The molecule has 1 aromatic rings. The molecule has 1 saturated carbocycles. The Morgan fingerprint density at radius 2 is 1.95 bits per heavy atom. The van der Waals surface area contributed by atoms with Crippen LogP contribution in [-0.2, 0) is 0 Å². The molecule has 0 aromatic carbocycles. The van der Waals surface area contributed by atoms with Gasteiger partial charge in [-0.25, -0.2) is 10.8 Å². The first-order valence-electron chi connectivity index (χ1n) is 7.79. The SMILES string of the molecule is CC1CCC(NC(=O)c2cc(NN)nc(C(C)C)c2)CC1. The molecule has 4 N–H and O–H groups in total. The maximum atomic E-state index is 12.4. The summed E-state index contributed by atoms with van der Waals surface area (Å²) < 4.78 is 0. The number of hydrogen-bond donors (Lipinski definition) is 3. The predicted octanol–water partition coefficient (Wildman–Crippen LogP) is 2.80. The van der Waals surface area contributed by atoms with Crippen molar-refractivity contribution in [2.75, 3.05) is 5.43 Å². The first kappa shape index (κ1) is 15.8. The molecule has 0 saturated heterocycles. The first-order valence-corrected chi connectivity index (χ1v) is 7.79. The van der Waals surface area contributed by atoms with Gasteiger partial charge in [-0.2, -0.15) is 0 Å². The number of nitrogens with one attached hydrogen (secondary N) is 2. The topological polar surface area (TPSA) is 80.0 Å². The van der Waals surface area contributed by atoms with Gasteiger partial charge in [-0.3, -0.25) is 4.79 Å². The summed E-state index contributed by atoms with van der Waals surface area (Å²) in [6, 6.07) is 3.84. The van der Waals surface area contributed by atoms with Crippen LogP contribution in [0.1, 0.15) is 68.4 Å². The number of hydrazine groups is 1. The molecular formula is C16H26N4O. The van der Waals surface area contributed by atoms with Crippen LogP contribution < -0.4 is 16.6 Å². The molecular weight excluding hydrogens is 264 g/mol. The van der Waals surface area contributed by atoms with Gasteiger partial charge in [-0.1, -0.05) is 20.8 Å². The summed E-state index contributed by atoms with van der Waals surface area (Å²) in [5, 5.41) is 3.14. The van der Waals surface area contributed by atoms with E-state index in [1.54, 1.807) is 6.07 Å². The van der Waals surface area contributed by atoms with Crippen LogP contribution in [0.3, 0.4) is 0 Å². The van der Waals surface area contributed by atoms with E-state index in [-0.39, 0.29) is 11.8 Å². The fourth-order valence-electron chi connectivity index (χ4n) is 2.73. The molecule has 2 rings (SSSR count). The number of nitrogens with two attached hydrogens (primary N) is 1. The van der Waals surface area contributed by atoms with Gasteiger partial charge in [0, 0.05) is 17.3 Å². The van der Waals surface area contributed by atoms with Gasteiger partial charge in [0.2, 0.25) is 0 Å². The quantitative estimate of drug-likeness (QED) is 0.588. The van der Waals surface area contributed by atoms with E-state index in [4.69, 9.17) is 5.84 Å². The van der Waals surface area contributed by atoms with Gasteiger partial charge in [0.05, 0.1) is 0 Å². The van der Waals surface area contributed by atoms with Gasteiger partial charge in [0.25, 0.3) is 5.91 Å². The van der Waals surface area contributed by atoms with E-state index in [0.29, 0.717) is 17.4 Å². The third-order valence-electron chi connectivity index (χ3n) is 4.20. The Morgan fingerprint density at radius 1 is 1.29 bits per heavy atom. The molecule has 21 heavy (non-hydrogen) atoms. The van der Waals surface area contributed by atoms with Crippen molar-refractivity contribution >= 4 is 11.7 Å². The molecule has 5 heteroatoms. The number of pyridine rings is 1. The second-order valence-corrected chi connectivity index (χ2v) is 6.40. The van der Waals surface area contributed by atoms with Crippen molar-refractivity contribution in [3.05, 3.63) is 23.4 Å². The van der Waals surface area contributed by atoms with Crippen LogP contribution >= 0.6 is 0 Å². The maximum absolute atomic E-state index is 12.4. The third kappa shape index (κ3) is 4.17. The number of carbonyl (C=O) groups is 1. The lowest BCUT2D eigenvalue weighted by atomic mass is 9.87. The zero-order valence-electron chi connectivity index (χ0n) is 13.1. The molecule has 1 aliphatic carbocycles. The van der Waals surface area contributed by atoms with E-state index in [1.165, 1.54) is 12.8 Å². The van der Waals surface area contributed by atoms with Crippen LogP contribution in [0.4, 0.5) is 5.82 Å². The molecule has 0 aliphatic heterocycles. The highest BCUT2D eigenvalue weighted by atomic mass is 16.1. The molecule has 0 unspecified atom stereocenters. The Bertz CT molecular complexity index is 493. The number of nitrogen functional groups attached to an aromatic ring is 1. The van der Waals surface area contributed by atoms with Gasteiger partial charge in [0.1, 0.15) is 5.82 Å².